The molecule has 1 aromatic carbocycles. The molecule has 5 rings (SSSR count). The number of anilines is 2. The van der Waals surface area contributed by atoms with Crippen molar-refractivity contribution in [1.82, 2.24) is 19.7 Å². The average Bonchev–Trinajstić information content (AvgIpc) is 3.32. The second kappa shape index (κ2) is 5.60. The van der Waals surface area contributed by atoms with Crippen molar-refractivity contribution in [2.24, 2.45) is 18.9 Å². The van der Waals surface area contributed by atoms with Gasteiger partial charge < -0.3 is 4.90 Å². The summed E-state index contributed by atoms with van der Waals surface area (Å²) in [5, 5.41) is 5.10. The SMILES string of the molecule is Cc1nc(N2CC3C(=O)N(c4ccccc4)C(=O)C3C2)c2cnn(C)c2n1. The Balaban J connectivity index is 1.49. The van der Waals surface area contributed by atoms with E-state index in [0.717, 1.165) is 16.9 Å². The molecule has 0 radical (unpaired) electrons. The highest BCUT2D eigenvalue weighted by Gasteiger charge is 2.53. The quantitative estimate of drug-likeness (QED) is 0.639. The van der Waals surface area contributed by atoms with E-state index in [9.17, 15) is 9.59 Å². The monoisotopic (exact) mass is 362 g/mol. The molecule has 2 atom stereocenters. The Bertz CT molecular complexity index is 1050. The zero-order valence-corrected chi connectivity index (χ0v) is 15.0. The molecule has 136 valence electrons. The maximum absolute atomic E-state index is 12.9. The van der Waals surface area contributed by atoms with E-state index >= 15 is 0 Å². The smallest absolute Gasteiger partial charge is 0.239 e. The number of hydrogen-bond donors (Lipinski definition) is 0. The van der Waals surface area contributed by atoms with Crippen LogP contribution in [0.2, 0.25) is 0 Å². The number of benzene rings is 1. The number of aryl methyl sites for hydroxylation is 2. The van der Waals surface area contributed by atoms with Gasteiger partial charge in [-0.1, -0.05) is 18.2 Å². The molecule has 2 aliphatic heterocycles. The Morgan fingerprint density at radius 3 is 2.33 bits per heavy atom. The van der Waals surface area contributed by atoms with Crippen molar-refractivity contribution in [2.45, 2.75) is 6.92 Å². The molecule has 2 saturated heterocycles. The standard InChI is InChI=1S/C19H18N6O2/c1-11-21-16-13(8-20-23(16)2)17(22-11)24-9-14-15(10-24)19(27)25(18(14)26)12-6-4-3-5-7-12/h3-8,14-15H,9-10H2,1-2H3. The van der Waals surface area contributed by atoms with Gasteiger partial charge in [0.05, 0.1) is 29.1 Å². The van der Waals surface area contributed by atoms with E-state index in [4.69, 9.17) is 0 Å². The molecule has 8 heteroatoms. The summed E-state index contributed by atoms with van der Waals surface area (Å²) in [6, 6.07) is 9.12. The maximum atomic E-state index is 12.9. The fraction of sp³-hybridized carbons (Fsp3) is 0.316. The topological polar surface area (TPSA) is 84.2 Å². The van der Waals surface area contributed by atoms with Gasteiger partial charge in [0.15, 0.2) is 5.65 Å². The van der Waals surface area contributed by atoms with Crippen LogP contribution in [-0.4, -0.2) is 44.7 Å². The molecular formula is C19H18N6O2. The summed E-state index contributed by atoms with van der Waals surface area (Å²) < 4.78 is 1.71. The molecule has 2 amide bonds. The molecule has 0 aliphatic carbocycles. The summed E-state index contributed by atoms with van der Waals surface area (Å²) in [7, 11) is 1.84. The number of rotatable bonds is 2. The third-order valence-electron chi connectivity index (χ3n) is 5.39. The normalized spacial score (nSPS) is 22.1. The van der Waals surface area contributed by atoms with Crippen molar-refractivity contribution >= 4 is 34.4 Å². The first-order valence-corrected chi connectivity index (χ1v) is 8.89. The first kappa shape index (κ1) is 15.9. The molecule has 0 spiro atoms. The second-order valence-electron chi connectivity index (χ2n) is 7.07. The third kappa shape index (κ3) is 2.26. The minimum absolute atomic E-state index is 0.132. The van der Waals surface area contributed by atoms with Gasteiger partial charge in [-0.05, 0) is 19.1 Å². The summed E-state index contributed by atoms with van der Waals surface area (Å²) in [4.78, 5) is 38.2. The van der Waals surface area contributed by atoms with E-state index in [2.05, 4.69) is 15.1 Å². The van der Waals surface area contributed by atoms with Crippen LogP contribution in [0.5, 0.6) is 0 Å². The summed E-state index contributed by atoms with van der Waals surface area (Å²) in [6.07, 6.45) is 1.73. The molecule has 2 aromatic heterocycles. The third-order valence-corrected chi connectivity index (χ3v) is 5.39. The van der Waals surface area contributed by atoms with E-state index in [1.807, 2.05) is 37.1 Å². The van der Waals surface area contributed by atoms with Gasteiger partial charge in [0, 0.05) is 20.1 Å². The van der Waals surface area contributed by atoms with E-state index in [1.165, 1.54) is 4.90 Å². The number of aromatic nitrogens is 4. The van der Waals surface area contributed by atoms with E-state index < -0.39 is 0 Å². The van der Waals surface area contributed by atoms with Gasteiger partial charge in [0.1, 0.15) is 11.6 Å². The minimum atomic E-state index is -0.348. The van der Waals surface area contributed by atoms with Crippen LogP contribution in [0.1, 0.15) is 5.82 Å². The molecule has 8 nitrogen and oxygen atoms in total. The lowest BCUT2D eigenvalue weighted by atomic mass is 10.00. The molecule has 0 saturated carbocycles. The largest absolute Gasteiger partial charge is 0.354 e. The highest BCUT2D eigenvalue weighted by atomic mass is 16.2. The van der Waals surface area contributed by atoms with Crippen LogP contribution in [0.15, 0.2) is 36.5 Å². The van der Waals surface area contributed by atoms with Gasteiger partial charge >= 0.3 is 0 Å². The van der Waals surface area contributed by atoms with Gasteiger partial charge in [-0.25, -0.2) is 14.9 Å². The zero-order valence-electron chi connectivity index (χ0n) is 15.0. The number of carbonyl (C=O) groups excluding carboxylic acids is 2. The van der Waals surface area contributed by atoms with Crippen molar-refractivity contribution in [2.75, 3.05) is 22.9 Å². The van der Waals surface area contributed by atoms with Crippen molar-refractivity contribution in [3.63, 3.8) is 0 Å². The predicted molar refractivity (Wildman–Crippen MR) is 99.2 cm³/mol. The van der Waals surface area contributed by atoms with Gasteiger partial charge in [-0.3, -0.25) is 14.3 Å². The van der Waals surface area contributed by atoms with Crippen LogP contribution >= 0.6 is 0 Å². The second-order valence-corrected chi connectivity index (χ2v) is 7.07. The number of nitrogens with zero attached hydrogens (tertiary/aromatic N) is 6. The number of carbonyl (C=O) groups is 2. The summed E-state index contributed by atoms with van der Waals surface area (Å²) in [5.74, 6) is 0.423. The van der Waals surface area contributed by atoms with Crippen LogP contribution < -0.4 is 9.80 Å². The summed E-state index contributed by atoms with van der Waals surface area (Å²) in [6.45, 7) is 2.78. The number of para-hydroxylation sites is 1. The Hall–Kier alpha value is -3.29. The van der Waals surface area contributed by atoms with Crippen molar-refractivity contribution in [3.8, 4) is 0 Å². The van der Waals surface area contributed by atoms with Crippen LogP contribution in [-0.2, 0) is 16.6 Å². The summed E-state index contributed by atoms with van der Waals surface area (Å²) >= 11 is 0. The molecular weight excluding hydrogens is 344 g/mol. The van der Waals surface area contributed by atoms with Crippen LogP contribution in [0.25, 0.3) is 11.0 Å². The van der Waals surface area contributed by atoms with Crippen molar-refractivity contribution < 1.29 is 9.59 Å². The molecule has 3 aromatic rings. The number of fused-ring (bicyclic) bond motifs is 2. The lowest BCUT2D eigenvalue weighted by Gasteiger charge is -2.22. The van der Waals surface area contributed by atoms with Crippen molar-refractivity contribution in [1.29, 1.82) is 0 Å². The van der Waals surface area contributed by atoms with Gasteiger partial charge in [0.25, 0.3) is 0 Å². The predicted octanol–water partition coefficient (Wildman–Crippen LogP) is 1.30. The highest BCUT2D eigenvalue weighted by Crippen LogP contribution is 2.39. The molecule has 0 bridgehead atoms. The van der Waals surface area contributed by atoms with Crippen LogP contribution in [0.3, 0.4) is 0 Å². The molecule has 2 unspecified atom stereocenters. The lowest BCUT2D eigenvalue weighted by Crippen LogP contribution is -2.36. The Kier molecular flexibility index (Phi) is 3.30. The summed E-state index contributed by atoms with van der Waals surface area (Å²) in [5.41, 5.74) is 1.39. The van der Waals surface area contributed by atoms with Gasteiger partial charge in [-0.15, -0.1) is 0 Å². The van der Waals surface area contributed by atoms with Gasteiger partial charge in [0.2, 0.25) is 11.8 Å². The van der Waals surface area contributed by atoms with E-state index in [1.54, 1.807) is 23.0 Å². The minimum Gasteiger partial charge on any atom is -0.354 e. The Morgan fingerprint density at radius 2 is 1.67 bits per heavy atom. The number of imide groups is 1. The van der Waals surface area contributed by atoms with Gasteiger partial charge in [-0.2, -0.15) is 5.10 Å². The molecule has 27 heavy (non-hydrogen) atoms. The fourth-order valence-electron chi connectivity index (χ4n) is 4.10. The highest BCUT2D eigenvalue weighted by molar-refractivity contribution is 6.22. The first-order chi connectivity index (χ1) is 13.0. The maximum Gasteiger partial charge on any atom is 0.239 e. The van der Waals surface area contributed by atoms with E-state index in [-0.39, 0.29) is 23.7 Å². The molecule has 2 aliphatic rings. The lowest BCUT2D eigenvalue weighted by molar-refractivity contribution is -0.122. The fourth-order valence-corrected chi connectivity index (χ4v) is 4.10. The molecule has 4 heterocycles. The zero-order chi connectivity index (χ0) is 18.7. The first-order valence-electron chi connectivity index (χ1n) is 8.89. The number of amides is 2. The molecule has 2 fully saturated rings. The molecule has 0 N–H and O–H groups in total. The van der Waals surface area contributed by atoms with E-state index in [0.29, 0.717) is 24.6 Å². The van der Waals surface area contributed by atoms with Crippen LogP contribution in [0.4, 0.5) is 11.5 Å². The van der Waals surface area contributed by atoms with Crippen molar-refractivity contribution in [3.05, 3.63) is 42.4 Å². The average molecular weight is 362 g/mol. The Labute approximate surface area is 155 Å². The Morgan fingerprint density at radius 1 is 1.00 bits per heavy atom. The van der Waals surface area contributed by atoms with Crippen LogP contribution in [0, 0.1) is 18.8 Å². The number of hydrogen-bond acceptors (Lipinski definition) is 6.